The van der Waals surface area contributed by atoms with Crippen molar-refractivity contribution in [2.45, 2.75) is 70.0 Å². The van der Waals surface area contributed by atoms with Crippen LogP contribution < -0.4 is 62.6 Å². The van der Waals surface area contributed by atoms with E-state index in [0.29, 0.717) is 48.8 Å². The number of aliphatic hydroxyl groups is 1. The molecule has 8 heterocycles. The average molecular weight is 1410 g/mol. The Labute approximate surface area is 609 Å². The smallest absolute Gasteiger partial charge is 0.251 e. The van der Waals surface area contributed by atoms with Gasteiger partial charge in [0.15, 0.2) is 0 Å². The van der Waals surface area contributed by atoms with E-state index in [-0.39, 0.29) is 77.4 Å². The largest absolute Gasteiger partial charge is 0.468 e. The zero-order chi connectivity index (χ0) is 73.2. The number of nitriles is 1. The second kappa shape index (κ2) is 33.8. The van der Waals surface area contributed by atoms with E-state index in [1.54, 1.807) is 60.8 Å². The minimum atomic E-state index is -0.789. The van der Waals surface area contributed by atoms with Crippen molar-refractivity contribution < 1.29 is 38.3 Å². The molecular formula is C81H81ClN14O8. The lowest BCUT2D eigenvalue weighted by Gasteiger charge is -2.31. The number of benzene rings is 8. The zero-order valence-corrected chi connectivity index (χ0v) is 58.6. The first-order valence-electron chi connectivity index (χ1n) is 34.0. The van der Waals surface area contributed by atoms with Crippen molar-refractivity contribution in [2.24, 2.45) is 11.3 Å². The number of carbonyl (C=O) groups is 6. The third-order valence-corrected chi connectivity index (χ3v) is 18.3. The number of hydrogen-bond acceptors (Lipinski definition) is 16. The normalized spacial score (nSPS) is 20.3. The maximum Gasteiger partial charge on any atom is 0.251 e. The molecule has 0 radical (unpaired) electrons. The first-order valence-corrected chi connectivity index (χ1v) is 34.4. The Morgan fingerprint density at radius 1 is 0.519 bits per heavy atom. The number of hydrogen-bond donors (Lipinski definition) is 7. The van der Waals surface area contributed by atoms with Gasteiger partial charge in [-0.15, -0.1) is 0 Å². The fourth-order valence-corrected chi connectivity index (χ4v) is 12.6. The van der Waals surface area contributed by atoms with Crippen molar-refractivity contribution in [1.29, 1.82) is 5.26 Å². The highest BCUT2D eigenvalue weighted by molar-refractivity contribution is 6.30. The summed E-state index contributed by atoms with van der Waals surface area (Å²) >= 11 is 5.88. The topological polar surface area (TPSA) is 264 Å². The van der Waals surface area contributed by atoms with Crippen LogP contribution in [0.15, 0.2) is 278 Å². The SMILES string of the molecule is CC1(C)CC(=O)NN1c1ccccc1.CC1(CO)CN(c2cccc(C#N)c2)NC1=O.CC1C(=O)NN(c2ccccc2)C1c1ccccc1.O=C1CC(c2ccccn2)N(c2ccc(Cl)cc2)N1.O=C1NN(c2ccccc2)CC1c1ccccc1.O=C1NN(c2ccccc2)CC1c1ccco1. The molecule has 6 unspecified atom stereocenters. The number of rotatable bonds is 11. The lowest BCUT2D eigenvalue weighted by atomic mass is 9.92. The van der Waals surface area contributed by atoms with Crippen molar-refractivity contribution in [3.8, 4) is 6.07 Å². The molecule has 6 aliphatic rings. The lowest BCUT2D eigenvalue weighted by Crippen LogP contribution is -2.44. The Morgan fingerprint density at radius 3 is 1.58 bits per heavy atom. The maximum atomic E-state index is 12.0. The summed E-state index contributed by atoms with van der Waals surface area (Å²) in [6.45, 7) is 9.23. The quantitative estimate of drug-likeness (QED) is 0.0635. The van der Waals surface area contributed by atoms with Crippen molar-refractivity contribution in [3.63, 3.8) is 0 Å². The van der Waals surface area contributed by atoms with Crippen LogP contribution in [0, 0.1) is 22.7 Å². The zero-order valence-electron chi connectivity index (χ0n) is 57.9. The number of halogens is 1. The van der Waals surface area contributed by atoms with E-state index in [0.717, 1.165) is 50.9 Å². The summed E-state index contributed by atoms with van der Waals surface area (Å²) in [4.78, 5) is 74.8. The number of nitrogens with one attached hydrogen (secondary N) is 6. The Hall–Kier alpha value is -12.5. The summed E-state index contributed by atoms with van der Waals surface area (Å²) in [5.74, 6) is 0.290. The number of carbonyl (C=O) groups excluding carboxylic acids is 6. The number of anilines is 6. The number of amides is 6. The molecule has 6 aliphatic heterocycles. The second-order valence-electron chi connectivity index (χ2n) is 26.2. The van der Waals surface area contributed by atoms with Gasteiger partial charge in [0.1, 0.15) is 17.7 Å². The predicted molar refractivity (Wildman–Crippen MR) is 401 cm³/mol. The fraction of sp³-hybridized carbons (Fsp3) is 0.210. The Morgan fingerprint density at radius 2 is 1.05 bits per heavy atom. The van der Waals surface area contributed by atoms with Crippen molar-refractivity contribution in [2.75, 3.05) is 56.3 Å². The highest BCUT2D eigenvalue weighted by Crippen LogP contribution is 2.37. The molecule has 0 saturated carbocycles. The molecule has 6 amide bonds. The number of aromatic nitrogens is 1. The van der Waals surface area contributed by atoms with Gasteiger partial charge in [-0.05, 0) is 147 Å². The molecule has 530 valence electrons. The second-order valence-corrected chi connectivity index (χ2v) is 26.6. The van der Waals surface area contributed by atoms with E-state index in [2.05, 4.69) is 63.5 Å². The number of nitrogens with zero attached hydrogens (tertiary/aromatic N) is 8. The number of furan rings is 1. The van der Waals surface area contributed by atoms with Gasteiger partial charge >= 0.3 is 0 Å². The van der Waals surface area contributed by atoms with Crippen LogP contribution >= 0.6 is 11.6 Å². The summed E-state index contributed by atoms with van der Waals surface area (Å²) < 4.78 is 5.28. The van der Waals surface area contributed by atoms with Crippen molar-refractivity contribution in [1.82, 2.24) is 37.5 Å². The van der Waals surface area contributed by atoms with Gasteiger partial charge in [-0.25, -0.2) is 0 Å². The van der Waals surface area contributed by atoms with Crippen LogP contribution in [0.3, 0.4) is 0 Å². The number of aliphatic hydroxyl groups excluding tert-OH is 1. The number of para-hydroxylation sites is 4. The molecule has 0 bridgehead atoms. The maximum absolute atomic E-state index is 12.0. The third kappa shape index (κ3) is 18.0. The molecule has 104 heavy (non-hydrogen) atoms. The van der Waals surface area contributed by atoms with Crippen LogP contribution in [0.4, 0.5) is 34.1 Å². The molecule has 8 aromatic carbocycles. The molecular weight excluding hydrogens is 1330 g/mol. The molecule has 6 atom stereocenters. The Balaban J connectivity index is 0.000000125. The summed E-state index contributed by atoms with van der Waals surface area (Å²) in [5.41, 5.74) is 25.5. The van der Waals surface area contributed by atoms with E-state index in [1.165, 1.54) is 0 Å². The fourth-order valence-electron chi connectivity index (χ4n) is 12.5. The van der Waals surface area contributed by atoms with Gasteiger partial charge in [0.25, 0.3) is 5.91 Å². The molecule has 16 rings (SSSR count). The molecule has 7 N–H and O–H groups in total. The molecule has 0 aliphatic carbocycles. The lowest BCUT2D eigenvalue weighted by molar-refractivity contribution is -0.128. The van der Waals surface area contributed by atoms with Crippen LogP contribution in [0.25, 0.3) is 0 Å². The standard InChI is InChI=1S/C16H16N2O.C15H14N2O.C14H12ClN3O.C13H12N2O2.C12H13N3O2.C11H14N2O/c1-12-15(13-8-4-2-5-9-13)18(17-16(12)19)14-10-6-3-7-11-14;18-15-14(12-7-3-1-4-8-12)11-17(16-15)13-9-5-2-6-10-13;15-10-4-6-11(7-5-10)18-13(9-14(19)17-18)12-3-1-2-8-16-12;16-13-11(12-7-4-8-17-12)9-15(14-13)10-5-2-1-3-6-10;1-12(8-16)7-15(14-11(12)17)10-4-2-3-9(5-10)6-13;1-11(2)8-10(14)12-13(11)9-6-4-3-5-7-9/h2-12,15H,1H3,(H,17,19);1-10,14H,11H2,(H,16,18);1-8,13H,9H2,(H,17,19);1-8,11H,9H2,(H,14,16);2-5,16H,7-8H2,1H3,(H,14,17);3-7H,8H2,1-2H3,(H,12,14). The minimum Gasteiger partial charge on any atom is -0.468 e. The van der Waals surface area contributed by atoms with Gasteiger partial charge in [0.05, 0.1) is 126 Å². The average Bonchev–Trinajstić information content (AvgIpc) is 1.67. The van der Waals surface area contributed by atoms with Crippen LogP contribution in [-0.2, 0) is 28.8 Å². The summed E-state index contributed by atoms with van der Waals surface area (Å²) in [7, 11) is 0. The van der Waals surface area contributed by atoms with Gasteiger partial charge in [-0.3, -0.25) is 96.4 Å². The molecule has 10 aromatic rings. The van der Waals surface area contributed by atoms with Crippen LogP contribution in [0.2, 0.25) is 5.02 Å². The molecule has 2 aromatic heterocycles. The molecule has 6 fully saturated rings. The number of hydrazine groups is 6. The third-order valence-electron chi connectivity index (χ3n) is 18.1. The first-order chi connectivity index (χ1) is 50.4. The van der Waals surface area contributed by atoms with Crippen LogP contribution in [0.5, 0.6) is 0 Å². The summed E-state index contributed by atoms with van der Waals surface area (Å²) in [6.07, 6.45) is 4.27. The van der Waals surface area contributed by atoms with Gasteiger partial charge in [-0.1, -0.05) is 164 Å². The van der Waals surface area contributed by atoms with Crippen molar-refractivity contribution in [3.05, 3.63) is 306 Å². The minimum absolute atomic E-state index is 0.00870. The van der Waals surface area contributed by atoms with E-state index >= 15 is 0 Å². The first kappa shape index (κ1) is 72.8. The number of pyridine rings is 1. The highest BCUT2D eigenvalue weighted by Gasteiger charge is 2.43. The molecule has 0 spiro atoms. The van der Waals surface area contributed by atoms with E-state index in [4.69, 9.17) is 21.3 Å². The molecule has 23 heteroatoms. The Kier molecular flexibility index (Phi) is 23.7. The van der Waals surface area contributed by atoms with Gasteiger partial charge < -0.3 is 9.52 Å². The van der Waals surface area contributed by atoms with E-state index < -0.39 is 5.41 Å². The van der Waals surface area contributed by atoms with E-state index in [9.17, 15) is 33.9 Å². The summed E-state index contributed by atoms with van der Waals surface area (Å²) in [6, 6.07) is 85.2. The highest BCUT2D eigenvalue weighted by atomic mass is 35.5. The van der Waals surface area contributed by atoms with E-state index in [1.807, 2.05) is 250 Å². The molecule has 22 nitrogen and oxygen atoms in total. The van der Waals surface area contributed by atoms with Crippen molar-refractivity contribution >= 4 is 81.2 Å². The van der Waals surface area contributed by atoms with Gasteiger partial charge in [0.2, 0.25) is 29.5 Å². The summed E-state index contributed by atoms with van der Waals surface area (Å²) in [5, 5.41) is 29.8. The van der Waals surface area contributed by atoms with Crippen LogP contribution in [-0.4, -0.2) is 77.3 Å². The predicted octanol–water partition coefficient (Wildman–Crippen LogP) is 12.0. The van der Waals surface area contributed by atoms with Crippen LogP contribution in [0.1, 0.15) is 92.6 Å². The Bertz CT molecular complexity index is 4530. The monoisotopic (exact) mass is 1410 g/mol. The van der Waals surface area contributed by atoms with Gasteiger partial charge in [0, 0.05) is 11.2 Å². The van der Waals surface area contributed by atoms with Gasteiger partial charge in [-0.2, -0.15) is 5.26 Å². The molecule has 6 saturated heterocycles.